The Morgan fingerprint density at radius 1 is 0.750 bits per heavy atom. The standard InChI is InChI=1S/C10H14N4.2H3N/c1(5-13-7-3-11-9-13)2-6-14-8-4-12-10-14;;/h3-4,7-10H,1-2,5-6H2;2*1H3. The molecule has 0 spiro atoms. The molecule has 2 rings (SSSR count). The van der Waals surface area contributed by atoms with Crippen molar-refractivity contribution in [1.29, 1.82) is 0 Å². The summed E-state index contributed by atoms with van der Waals surface area (Å²) < 4.78 is 4.21. The van der Waals surface area contributed by atoms with E-state index in [2.05, 4.69) is 19.1 Å². The first kappa shape index (κ1) is 14.3. The minimum atomic E-state index is 0. The first-order valence-corrected chi connectivity index (χ1v) is 4.86. The number of nitrogens with zero attached hydrogens (tertiary/aromatic N) is 4. The molecule has 16 heavy (non-hydrogen) atoms. The van der Waals surface area contributed by atoms with Crippen LogP contribution in [0.5, 0.6) is 0 Å². The Hall–Kier alpha value is -1.66. The Morgan fingerprint density at radius 3 is 1.50 bits per heavy atom. The van der Waals surface area contributed by atoms with Gasteiger partial charge in [-0.3, -0.25) is 0 Å². The van der Waals surface area contributed by atoms with Crippen molar-refractivity contribution in [3.63, 3.8) is 0 Å². The van der Waals surface area contributed by atoms with Gasteiger partial charge in [-0.1, -0.05) is 0 Å². The highest BCUT2D eigenvalue weighted by Crippen LogP contribution is 1.98. The number of hydrogen-bond acceptors (Lipinski definition) is 4. The molecule has 6 N–H and O–H groups in total. The first-order valence-electron chi connectivity index (χ1n) is 4.86. The van der Waals surface area contributed by atoms with Gasteiger partial charge in [-0.25, -0.2) is 9.97 Å². The third kappa shape index (κ3) is 4.24. The van der Waals surface area contributed by atoms with Crippen molar-refractivity contribution in [3.8, 4) is 0 Å². The highest BCUT2D eigenvalue weighted by atomic mass is 15.0. The van der Waals surface area contributed by atoms with Crippen LogP contribution in [0.25, 0.3) is 0 Å². The van der Waals surface area contributed by atoms with Crippen LogP contribution in [0.3, 0.4) is 0 Å². The third-order valence-corrected chi connectivity index (χ3v) is 2.20. The van der Waals surface area contributed by atoms with Crippen molar-refractivity contribution in [2.75, 3.05) is 0 Å². The van der Waals surface area contributed by atoms with Crippen LogP contribution in [-0.4, -0.2) is 19.1 Å². The average molecular weight is 224 g/mol. The first-order chi connectivity index (χ1) is 6.95. The van der Waals surface area contributed by atoms with Gasteiger partial charge in [-0.2, -0.15) is 0 Å². The molecule has 0 bridgehead atoms. The Labute approximate surface area is 95.5 Å². The molecule has 0 fully saturated rings. The SMILES string of the molecule is N.N.c1cn(CCCCn2ccnc2)cn1. The molecule has 0 unspecified atom stereocenters. The predicted molar refractivity (Wildman–Crippen MR) is 63.7 cm³/mol. The number of aromatic nitrogens is 4. The molecule has 90 valence electrons. The molecular formula is C10H20N6. The topological polar surface area (TPSA) is 106 Å². The van der Waals surface area contributed by atoms with Gasteiger partial charge in [0.15, 0.2) is 0 Å². The van der Waals surface area contributed by atoms with E-state index in [0.717, 1.165) is 13.1 Å². The summed E-state index contributed by atoms with van der Waals surface area (Å²) >= 11 is 0. The summed E-state index contributed by atoms with van der Waals surface area (Å²) in [6, 6.07) is 0. The molecule has 0 saturated carbocycles. The molecule has 0 saturated heterocycles. The van der Waals surface area contributed by atoms with Gasteiger partial charge in [0, 0.05) is 37.9 Å². The minimum absolute atomic E-state index is 0. The molecule has 0 aliphatic rings. The molecule has 0 aliphatic heterocycles. The lowest BCUT2D eigenvalue weighted by Gasteiger charge is -2.02. The summed E-state index contributed by atoms with van der Waals surface area (Å²) in [5.41, 5.74) is 0. The zero-order valence-corrected chi connectivity index (χ0v) is 9.50. The maximum atomic E-state index is 4.00. The molecule has 0 atom stereocenters. The second-order valence-electron chi connectivity index (χ2n) is 3.31. The third-order valence-electron chi connectivity index (χ3n) is 2.20. The summed E-state index contributed by atoms with van der Waals surface area (Å²) in [7, 11) is 0. The Balaban J connectivity index is 0.00000112. The highest BCUT2D eigenvalue weighted by Gasteiger charge is 1.92. The van der Waals surface area contributed by atoms with Gasteiger partial charge in [0.1, 0.15) is 0 Å². The molecular weight excluding hydrogens is 204 g/mol. The summed E-state index contributed by atoms with van der Waals surface area (Å²) in [4.78, 5) is 8.00. The van der Waals surface area contributed by atoms with Crippen molar-refractivity contribution in [3.05, 3.63) is 37.4 Å². The van der Waals surface area contributed by atoms with E-state index in [1.807, 2.05) is 37.4 Å². The van der Waals surface area contributed by atoms with E-state index in [0.29, 0.717) is 0 Å². The Bertz CT molecular complexity index is 303. The van der Waals surface area contributed by atoms with E-state index in [1.165, 1.54) is 12.8 Å². The van der Waals surface area contributed by atoms with Crippen LogP contribution in [0, 0.1) is 0 Å². The van der Waals surface area contributed by atoms with Crippen LogP contribution in [-0.2, 0) is 13.1 Å². The Kier molecular flexibility index (Phi) is 6.82. The lowest BCUT2D eigenvalue weighted by atomic mass is 10.3. The van der Waals surface area contributed by atoms with Gasteiger partial charge in [0.25, 0.3) is 0 Å². The Morgan fingerprint density at radius 2 is 1.19 bits per heavy atom. The normalized spacial score (nSPS) is 9.25. The number of hydrogen-bond donors (Lipinski definition) is 2. The van der Waals surface area contributed by atoms with Crippen LogP contribution in [0.15, 0.2) is 37.4 Å². The molecule has 0 radical (unpaired) electrons. The second-order valence-corrected chi connectivity index (χ2v) is 3.31. The summed E-state index contributed by atoms with van der Waals surface area (Å²) in [6.45, 7) is 2.10. The van der Waals surface area contributed by atoms with Crippen molar-refractivity contribution in [2.45, 2.75) is 25.9 Å². The monoisotopic (exact) mass is 224 g/mol. The second kappa shape index (κ2) is 7.61. The molecule has 2 heterocycles. The molecule has 6 nitrogen and oxygen atoms in total. The van der Waals surface area contributed by atoms with Crippen molar-refractivity contribution < 1.29 is 0 Å². The van der Waals surface area contributed by atoms with Gasteiger partial charge in [-0.05, 0) is 12.8 Å². The van der Waals surface area contributed by atoms with Crippen LogP contribution in [0.2, 0.25) is 0 Å². The predicted octanol–water partition coefficient (Wildman–Crippen LogP) is 1.88. The number of imidazole rings is 2. The van der Waals surface area contributed by atoms with Crippen LogP contribution < -0.4 is 12.3 Å². The number of unbranched alkanes of at least 4 members (excludes halogenated alkanes) is 1. The molecule has 0 aliphatic carbocycles. The largest absolute Gasteiger partial charge is 0.344 e. The van der Waals surface area contributed by atoms with Crippen molar-refractivity contribution in [2.24, 2.45) is 0 Å². The highest BCUT2D eigenvalue weighted by molar-refractivity contribution is 4.75. The summed E-state index contributed by atoms with van der Waals surface area (Å²) in [6.07, 6.45) is 13.7. The fourth-order valence-corrected chi connectivity index (χ4v) is 1.43. The summed E-state index contributed by atoms with van der Waals surface area (Å²) in [5, 5.41) is 0. The van der Waals surface area contributed by atoms with E-state index in [-0.39, 0.29) is 12.3 Å². The molecule has 0 aromatic carbocycles. The van der Waals surface area contributed by atoms with Gasteiger partial charge in [0.2, 0.25) is 0 Å². The minimum Gasteiger partial charge on any atom is -0.344 e. The van der Waals surface area contributed by atoms with E-state index in [4.69, 9.17) is 0 Å². The van der Waals surface area contributed by atoms with E-state index >= 15 is 0 Å². The van der Waals surface area contributed by atoms with Gasteiger partial charge < -0.3 is 21.4 Å². The van der Waals surface area contributed by atoms with Gasteiger partial charge in [-0.15, -0.1) is 0 Å². The zero-order valence-electron chi connectivity index (χ0n) is 9.50. The van der Waals surface area contributed by atoms with Gasteiger partial charge >= 0.3 is 0 Å². The van der Waals surface area contributed by atoms with E-state index < -0.39 is 0 Å². The fraction of sp³-hybridized carbons (Fsp3) is 0.400. The zero-order chi connectivity index (χ0) is 9.64. The number of aryl methyl sites for hydroxylation is 2. The van der Waals surface area contributed by atoms with Crippen LogP contribution in [0.4, 0.5) is 0 Å². The maximum Gasteiger partial charge on any atom is 0.0945 e. The van der Waals surface area contributed by atoms with E-state index in [9.17, 15) is 0 Å². The smallest absolute Gasteiger partial charge is 0.0945 e. The average Bonchev–Trinajstić information content (AvgIpc) is 2.86. The fourth-order valence-electron chi connectivity index (χ4n) is 1.43. The lowest BCUT2D eigenvalue weighted by molar-refractivity contribution is 0.552. The van der Waals surface area contributed by atoms with Crippen molar-refractivity contribution >= 4 is 0 Å². The van der Waals surface area contributed by atoms with Gasteiger partial charge in [0.05, 0.1) is 12.7 Å². The maximum absolute atomic E-state index is 4.00. The van der Waals surface area contributed by atoms with Crippen LogP contribution in [0.1, 0.15) is 12.8 Å². The van der Waals surface area contributed by atoms with Crippen LogP contribution >= 0.6 is 0 Å². The molecule has 0 amide bonds. The quantitative estimate of drug-likeness (QED) is 0.756. The lowest BCUT2D eigenvalue weighted by Crippen LogP contribution is -1.98. The van der Waals surface area contributed by atoms with Crippen molar-refractivity contribution in [1.82, 2.24) is 31.4 Å². The molecule has 2 aromatic heterocycles. The summed E-state index contributed by atoms with van der Waals surface area (Å²) in [5.74, 6) is 0. The number of rotatable bonds is 5. The molecule has 2 aromatic rings. The van der Waals surface area contributed by atoms with E-state index in [1.54, 1.807) is 0 Å². The molecule has 6 heteroatoms.